The Morgan fingerprint density at radius 3 is 2.81 bits per heavy atom. The summed E-state index contributed by atoms with van der Waals surface area (Å²) < 4.78 is 14.4. The van der Waals surface area contributed by atoms with Crippen LogP contribution in [0.15, 0.2) is 22.7 Å². The SMILES string of the molecule is CNCCCCN(C)c1cc(Br)ccc1F. The van der Waals surface area contributed by atoms with Gasteiger partial charge in [-0.3, -0.25) is 0 Å². The number of nitrogens with zero attached hydrogens (tertiary/aromatic N) is 1. The van der Waals surface area contributed by atoms with Gasteiger partial charge in [-0.05, 0) is 44.6 Å². The smallest absolute Gasteiger partial charge is 0.146 e. The molecule has 4 heteroatoms. The van der Waals surface area contributed by atoms with Crippen molar-refractivity contribution in [1.82, 2.24) is 5.32 Å². The number of nitrogens with one attached hydrogen (secondary N) is 1. The van der Waals surface area contributed by atoms with Crippen LogP contribution >= 0.6 is 15.9 Å². The minimum Gasteiger partial charge on any atom is -0.372 e. The molecule has 1 N–H and O–H groups in total. The molecule has 1 rings (SSSR count). The van der Waals surface area contributed by atoms with Crippen molar-refractivity contribution in [3.63, 3.8) is 0 Å². The highest BCUT2D eigenvalue weighted by molar-refractivity contribution is 9.10. The Morgan fingerprint density at radius 2 is 2.12 bits per heavy atom. The van der Waals surface area contributed by atoms with Gasteiger partial charge in [0.05, 0.1) is 5.69 Å². The predicted octanol–water partition coefficient (Wildman–Crippen LogP) is 3.02. The van der Waals surface area contributed by atoms with E-state index >= 15 is 0 Å². The minimum atomic E-state index is -0.167. The second-order valence-electron chi connectivity index (χ2n) is 3.83. The molecular weight excluding hydrogens is 271 g/mol. The van der Waals surface area contributed by atoms with E-state index in [4.69, 9.17) is 0 Å². The Kier molecular flexibility index (Phi) is 5.77. The lowest BCUT2D eigenvalue weighted by Gasteiger charge is -2.20. The van der Waals surface area contributed by atoms with E-state index in [-0.39, 0.29) is 5.82 Å². The van der Waals surface area contributed by atoms with Gasteiger partial charge in [0.25, 0.3) is 0 Å². The van der Waals surface area contributed by atoms with Crippen molar-refractivity contribution in [2.45, 2.75) is 12.8 Å². The van der Waals surface area contributed by atoms with Crippen LogP contribution in [0.3, 0.4) is 0 Å². The first-order valence-corrected chi connectivity index (χ1v) is 6.25. The molecule has 16 heavy (non-hydrogen) atoms. The Morgan fingerprint density at radius 1 is 1.38 bits per heavy atom. The summed E-state index contributed by atoms with van der Waals surface area (Å²) in [5, 5.41) is 3.10. The molecule has 90 valence electrons. The molecule has 0 heterocycles. The quantitative estimate of drug-likeness (QED) is 0.810. The Bertz CT molecular complexity index is 331. The van der Waals surface area contributed by atoms with E-state index in [1.54, 1.807) is 6.07 Å². The number of rotatable bonds is 6. The molecule has 0 saturated carbocycles. The Hall–Kier alpha value is -0.610. The van der Waals surface area contributed by atoms with E-state index in [1.165, 1.54) is 6.07 Å². The van der Waals surface area contributed by atoms with Gasteiger partial charge in [0.2, 0.25) is 0 Å². The fourth-order valence-corrected chi connectivity index (χ4v) is 1.90. The summed E-state index contributed by atoms with van der Waals surface area (Å²) in [6.45, 7) is 1.88. The third-order valence-electron chi connectivity index (χ3n) is 2.49. The van der Waals surface area contributed by atoms with Crippen LogP contribution in [-0.4, -0.2) is 27.2 Å². The van der Waals surface area contributed by atoms with Gasteiger partial charge in [0.1, 0.15) is 5.82 Å². The van der Waals surface area contributed by atoms with Crippen LogP contribution in [0, 0.1) is 5.82 Å². The van der Waals surface area contributed by atoms with Crippen LogP contribution < -0.4 is 10.2 Å². The third kappa shape index (κ3) is 4.10. The second-order valence-corrected chi connectivity index (χ2v) is 4.74. The van der Waals surface area contributed by atoms with Crippen molar-refractivity contribution in [3.8, 4) is 0 Å². The van der Waals surface area contributed by atoms with Crippen molar-refractivity contribution >= 4 is 21.6 Å². The van der Waals surface area contributed by atoms with Gasteiger partial charge < -0.3 is 10.2 Å². The summed E-state index contributed by atoms with van der Waals surface area (Å²) >= 11 is 3.35. The van der Waals surface area contributed by atoms with E-state index < -0.39 is 0 Å². The number of benzene rings is 1. The second kappa shape index (κ2) is 6.86. The first kappa shape index (κ1) is 13.5. The molecule has 2 nitrogen and oxygen atoms in total. The average molecular weight is 289 g/mol. The maximum atomic E-state index is 13.5. The zero-order valence-corrected chi connectivity index (χ0v) is 11.3. The molecule has 1 aromatic carbocycles. The molecule has 0 aliphatic heterocycles. The lowest BCUT2D eigenvalue weighted by molar-refractivity contribution is 0.615. The first-order chi connectivity index (χ1) is 7.65. The third-order valence-corrected chi connectivity index (χ3v) is 2.98. The fraction of sp³-hybridized carbons (Fsp3) is 0.500. The predicted molar refractivity (Wildman–Crippen MR) is 70.5 cm³/mol. The van der Waals surface area contributed by atoms with Gasteiger partial charge in [-0.15, -0.1) is 0 Å². The van der Waals surface area contributed by atoms with E-state index in [0.29, 0.717) is 5.69 Å². The lowest BCUT2D eigenvalue weighted by atomic mass is 10.2. The number of halogens is 2. The molecule has 0 aliphatic rings. The standard InChI is InChI=1S/C12H18BrFN2/c1-15-7-3-4-8-16(2)12-9-10(13)5-6-11(12)14/h5-6,9,15H,3-4,7-8H2,1-2H3. The highest BCUT2D eigenvalue weighted by atomic mass is 79.9. The van der Waals surface area contributed by atoms with Crippen LogP contribution in [0.2, 0.25) is 0 Å². The maximum Gasteiger partial charge on any atom is 0.146 e. The monoisotopic (exact) mass is 288 g/mol. The topological polar surface area (TPSA) is 15.3 Å². The highest BCUT2D eigenvalue weighted by Crippen LogP contribution is 2.23. The Labute approximate surface area is 105 Å². The maximum absolute atomic E-state index is 13.5. The molecule has 0 fully saturated rings. The molecule has 0 aromatic heterocycles. The molecular formula is C12H18BrFN2. The van der Waals surface area contributed by atoms with Crippen LogP contribution in [0.5, 0.6) is 0 Å². The molecule has 0 bridgehead atoms. The van der Waals surface area contributed by atoms with Crippen molar-refractivity contribution < 1.29 is 4.39 Å². The van der Waals surface area contributed by atoms with Crippen LogP contribution in [0.1, 0.15) is 12.8 Å². The molecule has 0 amide bonds. The zero-order valence-electron chi connectivity index (χ0n) is 9.76. The molecule has 0 aliphatic carbocycles. The summed E-state index contributed by atoms with van der Waals surface area (Å²) in [5.41, 5.74) is 0.652. The summed E-state index contributed by atoms with van der Waals surface area (Å²) in [6, 6.07) is 5.02. The summed E-state index contributed by atoms with van der Waals surface area (Å²) in [5.74, 6) is -0.167. The van der Waals surface area contributed by atoms with Crippen LogP contribution in [0.25, 0.3) is 0 Å². The average Bonchev–Trinajstić information content (AvgIpc) is 2.27. The van der Waals surface area contributed by atoms with Gasteiger partial charge in [-0.25, -0.2) is 4.39 Å². The fourth-order valence-electron chi connectivity index (χ4n) is 1.55. The normalized spacial score (nSPS) is 10.5. The van der Waals surface area contributed by atoms with E-state index in [2.05, 4.69) is 21.2 Å². The molecule has 0 unspecified atom stereocenters. The summed E-state index contributed by atoms with van der Waals surface area (Å²) in [4.78, 5) is 1.95. The number of hydrogen-bond acceptors (Lipinski definition) is 2. The zero-order chi connectivity index (χ0) is 12.0. The molecule has 1 aromatic rings. The molecule has 0 radical (unpaired) electrons. The lowest BCUT2D eigenvalue weighted by Crippen LogP contribution is -2.20. The van der Waals surface area contributed by atoms with E-state index in [0.717, 1.165) is 30.4 Å². The number of unbranched alkanes of at least 4 members (excludes halogenated alkanes) is 1. The number of anilines is 1. The van der Waals surface area contributed by atoms with Crippen LogP contribution in [-0.2, 0) is 0 Å². The molecule has 0 saturated heterocycles. The molecule has 0 atom stereocenters. The van der Waals surface area contributed by atoms with Gasteiger partial charge in [0.15, 0.2) is 0 Å². The van der Waals surface area contributed by atoms with Crippen LogP contribution in [0.4, 0.5) is 10.1 Å². The first-order valence-electron chi connectivity index (χ1n) is 5.46. The van der Waals surface area contributed by atoms with E-state index in [9.17, 15) is 4.39 Å². The van der Waals surface area contributed by atoms with Crippen molar-refractivity contribution in [1.29, 1.82) is 0 Å². The highest BCUT2D eigenvalue weighted by Gasteiger charge is 2.07. The summed E-state index contributed by atoms with van der Waals surface area (Å²) in [7, 11) is 3.86. The van der Waals surface area contributed by atoms with Gasteiger partial charge in [-0.2, -0.15) is 0 Å². The van der Waals surface area contributed by atoms with Gasteiger partial charge in [0, 0.05) is 18.1 Å². The van der Waals surface area contributed by atoms with Gasteiger partial charge in [-0.1, -0.05) is 15.9 Å². The number of hydrogen-bond donors (Lipinski definition) is 1. The van der Waals surface area contributed by atoms with Gasteiger partial charge >= 0.3 is 0 Å². The van der Waals surface area contributed by atoms with Crippen molar-refractivity contribution in [2.75, 3.05) is 32.1 Å². The van der Waals surface area contributed by atoms with Crippen molar-refractivity contribution in [2.24, 2.45) is 0 Å². The molecule has 0 spiro atoms. The van der Waals surface area contributed by atoms with E-state index in [1.807, 2.05) is 25.1 Å². The van der Waals surface area contributed by atoms with Crippen molar-refractivity contribution in [3.05, 3.63) is 28.5 Å². The Balaban J connectivity index is 2.51. The minimum absolute atomic E-state index is 0.167. The largest absolute Gasteiger partial charge is 0.372 e. The summed E-state index contributed by atoms with van der Waals surface area (Å²) in [6.07, 6.45) is 2.17.